The molecule has 1 aliphatic heterocycles. The van der Waals surface area contributed by atoms with Crippen LogP contribution in [0.3, 0.4) is 0 Å². The minimum Gasteiger partial charge on any atom is -0.399 e. The highest BCUT2D eigenvalue weighted by Crippen LogP contribution is 2.36. The minimum absolute atomic E-state index is 0.202. The zero-order valence-corrected chi connectivity index (χ0v) is 12.7. The van der Waals surface area contributed by atoms with E-state index in [1.807, 2.05) is 52.8 Å². The fourth-order valence-corrected chi connectivity index (χ4v) is 2.26. The van der Waals surface area contributed by atoms with Crippen LogP contribution in [-0.4, -0.2) is 18.3 Å². The maximum absolute atomic E-state index is 9.45. The molecule has 106 valence electrons. The lowest BCUT2D eigenvalue weighted by Gasteiger charge is -2.32. The van der Waals surface area contributed by atoms with Crippen molar-refractivity contribution in [2.24, 2.45) is 5.73 Å². The molecular weight excluding hydrogens is 251 g/mol. The van der Waals surface area contributed by atoms with Gasteiger partial charge in [0.05, 0.1) is 22.8 Å². The Bertz CT molecular complexity index is 545. The van der Waals surface area contributed by atoms with Crippen LogP contribution in [-0.2, 0) is 9.31 Å². The van der Waals surface area contributed by atoms with Gasteiger partial charge in [0.15, 0.2) is 0 Å². The van der Waals surface area contributed by atoms with Crippen LogP contribution < -0.4 is 11.2 Å². The Morgan fingerprint density at radius 1 is 1.20 bits per heavy atom. The zero-order valence-electron chi connectivity index (χ0n) is 12.7. The maximum Gasteiger partial charge on any atom is 0.496 e. The monoisotopic (exact) mass is 272 g/mol. The van der Waals surface area contributed by atoms with Crippen LogP contribution in [0.25, 0.3) is 0 Å². The lowest BCUT2D eigenvalue weighted by Crippen LogP contribution is -2.41. The summed E-state index contributed by atoms with van der Waals surface area (Å²) in [5.74, 6) is 0. The second kappa shape index (κ2) is 4.89. The van der Waals surface area contributed by atoms with Crippen LogP contribution in [0.15, 0.2) is 18.2 Å². The highest BCUT2D eigenvalue weighted by atomic mass is 16.7. The molecule has 4 nitrogen and oxygen atoms in total. The first-order valence-corrected chi connectivity index (χ1v) is 6.84. The summed E-state index contributed by atoms with van der Waals surface area (Å²) in [5, 5.41) is 9.45. The molecule has 1 aromatic rings. The Labute approximate surface area is 121 Å². The van der Waals surface area contributed by atoms with E-state index in [9.17, 15) is 5.26 Å². The van der Waals surface area contributed by atoms with Gasteiger partial charge in [-0.3, -0.25) is 0 Å². The van der Waals surface area contributed by atoms with Crippen LogP contribution in [0.4, 0.5) is 0 Å². The van der Waals surface area contributed by atoms with E-state index in [-0.39, 0.29) is 6.04 Å². The van der Waals surface area contributed by atoms with E-state index in [2.05, 4.69) is 6.07 Å². The Hall–Kier alpha value is -1.35. The van der Waals surface area contributed by atoms with Gasteiger partial charge < -0.3 is 15.0 Å². The molecule has 0 saturated carbocycles. The number of nitrogens with two attached hydrogens (primary N) is 1. The third kappa shape index (κ3) is 2.35. The molecule has 1 fully saturated rings. The maximum atomic E-state index is 9.45. The lowest BCUT2D eigenvalue weighted by atomic mass is 9.74. The van der Waals surface area contributed by atoms with Crippen molar-refractivity contribution in [3.05, 3.63) is 29.3 Å². The van der Waals surface area contributed by atoms with Gasteiger partial charge >= 0.3 is 7.12 Å². The molecule has 1 aliphatic rings. The number of nitrogens with zero attached hydrogens (tertiary/aromatic N) is 1. The molecule has 1 atom stereocenters. The Kier molecular flexibility index (Phi) is 3.68. The first-order chi connectivity index (χ1) is 9.19. The summed E-state index contributed by atoms with van der Waals surface area (Å²) in [7, 11) is -0.534. The number of benzene rings is 1. The predicted octanol–water partition coefficient (Wildman–Crippen LogP) is 1.88. The molecule has 2 rings (SSSR count). The van der Waals surface area contributed by atoms with Gasteiger partial charge in [-0.15, -0.1) is 0 Å². The molecule has 1 heterocycles. The van der Waals surface area contributed by atoms with Crippen LogP contribution in [0.2, 0.25) is 0 Å². The van der Waals surface area contributed by atoms with Crippen molar-refractivity contribution in [1.29, 1.82) is 5.26 Å². The van der Waals surface area contributed by atoms with Crippen LogP contribution >= 0.6 is 0 Å². The molecule has 1 unspecified atom stereocenters. The Morgan fingerprint density at radius 3 is 2.20 bits per heavy atom. The molecule has 5 heteroatoms. The highest BCUT2D eigenvalue weighted by molar-refractivity contribution is 6.62. The van der Waals surface area contributed by atoms with E-state index in [0.717, 1.165) is 11.0 Å². The Morgan fingerprint density at radius 2 is 1.75 bits per heavy atom. The van der Waals surface area contributed by atoms with E-state index in [1.165, 1.54) is 0 Å². The smallest absolute Gasteiger partial charge is 0.399 e. The fourth-order valence-electron chi connectivity index (χ4n) is 2.26. The van der Waals surface area contributed by atoms with E-state index in [1.54, 1.807) is 0 Å². The summed E-state index contributed by atoms with van der Waals surface area (Å²) in [6, 6.07) is 7.66. The molecule has 0 amide bonds. The zero-order chi connectivity index (χ0) is 15.1. The molecule has 1 saturated heterocycles. The van der Waals surface area contributed by atoms with Gasteiger partial charge in [-0.2, -0.15) is 5.26 Å². The second-order valence-corrected chi connectivity index (χ2v) is 6.30. The first-order valence-electron chi connectivity index (χ1n) is 6.84. The normalized spacial score (nSPS) is 21.6. The minimum atomic E-state index is -0.534. The van der Waals surface area contributed by atoms with Crippen molar-refractivity contribution in [3.63, 3.8) is 0 Å². The fraction of sp³-hybridized carbons (Fsp3) is 0.533. The Balaban J connectivity index is 2.46. The van der Waals surface area contributed by atoms with Gasteiger partial charge in [0, 0.05) is 11.5 Å². The average Bonchev–Trinajstić information content (AvgIpc) is 2.57. The first kappa shape index (κ1) is 15.1. The molecule has 0 spiro atoms. The van der Waals surface area contributed by atoms with Crippen molar-refractivity contribution in [3.8, 4) is 6.07 Å². The van der Waals surface area contributed by atoms with Gasteiger partial charge in [-0.05, 0) is 40.2 Å². The lowest BCUT2D eigenvalue weighted by molar-refractivity contribution is 0.00578. The largest absolute Gasteiger partial charge is 0.496 e. The average molecular weight is 272 g/mol. The predicted molar refractivity (Wildman–Crippen MR) is 79.5 cm³/mol. The van der Waals surface area contributed by atoms with Gasteiger partial charge in [0.1, 0.15) is 0 Å². The molecule has 2 N–H and O–H groups in total. The number of nitriles is 1. The quantitative estimate of drug-likeness (QED) is 0.834. The topological polar surface area (TPSA) is 68.3 Å². The molecule has 20 heavy (non-hydrogen) atoms. The summed E-state index contributed by atoms with van der Waals surface area (Å²) in [5.41, 5.74) is 7.21. The van der Waals surface area contributed by atoms with Crippen molar-refractivity contribution < 1.29 is 9.31 Å². The molecule has 0 radical (unpaired) electrons. The van der Waals surface area contributed by atoms with E-state index >= 15 is 0 Å². The molecule has 1 aromatic carbocycles. The number of hydrogen-bond donors (Lipinski definition) is 1. The number of hydrogen-bond acceptors (Lipinski definition) is 4. The van der Waals surface area contributed by atoms with E-state index < -0.39 is 18.3 Å². The summed E-state index contributed by atoms with van der Waals surface area (Å²) in [6.07, 6.45) is 0. The van der Waals surface area contributed by atoms with Crippen molar-refractivity contribution in [2.45, 2.75) is 51.9 Å². The third-order valence-corrected chi connectivity index (χ3v) is 4.24. The van der Waals surface area contributed by atoms with Gasteiger partial charge in [0.2, 0.25) is 0 Å². The van der Waals surface area contributed by atoms with Crippen molar-refractivity contribution in [1.82, 2.24) is 0 Å². The third-order valence-electron chi connectivity index (χ3n) is 4.24. The summed E-state index contributed by atoms with van der Waals surface area (Å²) < 4.78 is 12.0. The molecule has 0 aliphatic carbocycles. The van der Waals surface area contributed by atoms with E-state index in [0.29, 0.717) is 5.56 Å². The molecule has 0 bridgehead atoms. The molecular formula is C15H21BN2O2. The van der Waals surface area contributed by atoms with Gasteiger partial charge in [-0.25, -0.2) is 0 Å². The highest BCUT2D eigenvalue weighted by Gasteiger charge is 2.52. The molecule has 0 aromatic heterocycles. The second-order valence-electron chi connectivity index (χ2n) is 6.30. The summed E-state index contributed by atoms with van der Waals surface area (Å²) in [4.78, 5) is 0. The van der Waals surface area contributed by atoms with Gasteiger partial charge in [-0.1, -0.05) is 18.2 Å². The standard InChI is InChI=1S/C15H21BN2O2/c1-10(18)11-7-6-8-13(12(11)9-17)16-19-14(2,3)15(4,5)20-16/h6-8,10H,18H2,1-5H3. The van der Waals surface area contributed by atoms with E-state index in [4.69, 9.17) is 15.0 Å². The van der Waals surface area contributed by atoms with Crippen molar-refractivity contribution >= 4 is 12.6 Å². The SMILES string of the molecule is CC(N)c1cccc(B2OC(C)(C)C(C)(C)O2)c1C#N. The van der Waals surface area contributed by atoms with Crippen LogP contribution in [0.5, 0.6) is 0 Å². The summed E-state index contributed by atoms with van der Waals surface area (Å²) >= 11 is 0. The van der Waals surface area contributed by atoms with Gasteiger partial charge in [0.25, 0.3) is 0 Å². The van der Waals surface area contributed by atoms with Crippen LogP contribution in [0, 0.1) is 11.3 Å². The van der Waals surface area contributed by atoms with Crippen molar-refractivity contribution in [2.75, 3.05) is 0 Å². The summed E-state index contributed by atoms with van der Waals surface area (Å²) in [6.45, 7) is 9.84. The number of rotatable bonds is 2. The van der Waals surface area contributed by atoms with Crippen LogP contribution in [0.1, 0.15) is 51.8 Å².